The van der Waals surface area contributed by atoms with Crippen molar-refractivity contribution in [1.82, 2.24) is 15.1 Å². The third-order valence-corrected chi connectivity index (χ3v) is 5.22. The van der Waals surface area contributed by atoms with E-state index in [4.69, 9.17) is 4.52 Å². The third-order valence-electron chi connectivity index (χ3n) is 5.22. The molecule has 6 nitrogen and oxygen atoms in total. The van der Waals surface area contributed by atoms with Gasteiger partial charge in [0.05, 0.1) is 5.56 Å². The quantitative estimate of drug-likeness (QED) is 0.680. The summed E-state index contributed by atoms with van der Waals surface area (Å²) in [6.45, 7) is 6.20. The van der Waals surface area contributed by atoms with Crippen LogP contribution in [0, 0.1) is 25.5 Å². The molecule has 4 rings (SSSR count). The zero-order chi connectivity index (χ0) is 20.0. The van der Waals surface area contributed by atoms with E-state index in [1.54, 1.807) is 19.9 Å². The topological polar surface area (TPSA) is 72.1 Å². The number of anilines is 1. The lowest BCUT2D eigenvalue weighted by atomic mass is 9.99. The maximum Gasteiger partial charge on any atom is 0.261 e. The average molecular weight is 386 g/mol. The Kier molecular flexibility index (Phi) is 4.56. The van der Waals surface area contributed by atoms with E-state index in [2.05, 4.69) is 15.1 Å². The lowest BCUT2D eigenvalue weighted by Gasteiger charge is -2.29. The number of rotatable bonds is 3. The number of fused-ring (bicyclic) bond motifs is 1. The lowest BCUT2D eigenvalue weighted by molar-refractivity contribution is -0.119. The first-order chi connectivity index (χ1) is 13.4. The van der Waals surface area contributed by atoms with Crippen molar-refractivity contribution in [3.05, 3.63) is 34.7 Å². The number of hydrogen-bond donors (Lipinski definition) is 0. The van der Waals surface area contributed by atoms with Gasteiger partial charge in [0.2, 0.25) is 0 Å². The average Bonchev–Trinajstić information content (AvgIpc) is 3.11. The van der Waals surface area contributed by atoms with E-state index >= 15 is 0 Å². The number of nitrogens with zero attached hydrogens (tertiary/aromatic N) is 4. The first kappa shape index (κ1) is 18.5. The van der Waals surface area contributed by atoms with Crippen molar-refractivity contribution >= 4 is 22.5 Å². The maximum absolute atomic E-state index is 14.8. The third kappa shape index (κ3) is 2.93. The molecule has 0 atom stereocenters. The highest BCUT2D eigenvalue weighted by Crippen LogP contribution is 2.38. The number of aryl methyl sites for hydroxylation is 3. The predicted octanol–water partition coefficient (Wildman–Crippen LogP) is 3.91. The molecule has 8 heteroatoms. The number of ketones is 1. The van der Waals surface area contributed by atoms with Gasteiger partial charge >= 0.3 is 0 Å². The number of carbonyl (C=O) groups excluding carboxylic acids is 1. The number of Topliss-reactive ketones (excluding diaryl/α,β-unsaturated/α-hetero) is 1. The Morgan fingerprint density at radius 2 is 1.86 bits per heavy atom. The van der Waals surface area contributed by atoms with E-state index in [-0.39, 0.29) is 17.2 Å². The fourth-order valence-electron chi connectivity index (χ4n) is 3.64. The molecular formula is C20H20F2N4O2. The molecule has 1 saturated heterocycles. The van der Waals surface area contributed by atoms with Gasteiger partial charge in [-0.15, -0.1) is 0 Å². The monoisotopic (exact) mass is 386 g/mol. The van der Waals surface area contributed by atoms with Crippen LogP contribution in [0.2, 0.25) is 0 Å². The zero-order valence-corrected chi connectivity index (χ0v) is 16.0. The minimum atomic E-state index is -0.958. The van der Waals surface area contributed by atoms with E-state index < -0.39 is 11.6 Å². The van der Waals surface area contributed by atoms with Gasteiger partial charge in [-0.1, -0.05) is 12.1 Å². The summed E-state index contributed by atoms with van der Waals surface area (Å²) in [6, 6.07) is 1.63. The highest BCUT2D eigenvalue weighted by molar-refractivity contribution is 5.93. The van der Waals surface area contributed by atoms with Crippen molar-refractivity contribution in [2.75, 3.05) is 18.0 Å². The van der Waals surface area contributed by atoms with E-state index in [0.29, 0.717) is 66.1 Å². The number of pyridine rings is 1. The molecule has 0 saturated carbocycles. The van der Waals surface area contributed by atoms with Crippen molar-refractivity contribution in [2.24, 2.45) is 0 Å². The minimum Gasteiger partial charge on any atom is -0.355 e. The fraction of sp³-hybridized carbons (Fsp3) is 0.400. The van der Waals surface area contributed by atoms with Crippen LogP contribution in [0.15, 0.2) is 10.6 Å². The van der Waals surface area contributed by atoms with Crippen LogP contribution < -0.4 is 4.90 Å². The Hall–Kier alpha value is -2.90. The van der Waals surface area contributed by atoms with Gasteiger partial charge in [0.15, 0.2) is 17.5 Å². The normalized spacial score (nSPS) is 14.9. The molecule has 3 heterocycles. The first-order valence-electron chi connectivity index (χ1n) is 9.29. The second-order valence-electron chi connectivity index (χ2n) is 7.02. The van der Waals surface area contributed by atoms with Crippen LogP contribution in [0.5, 0.6) is 0 Å². The molecule has 0 spiro atoms. The summed E-state index contributed by atoms with van der Waals surface area (Å²) in [5, 5.41) is 4.37. The molecule has 0 unspecified atom stereocenters. The van der Waals surface area contributed by atoms with E-state index in [0.717, 1.165) is 0 Å². The smallest absolute Gasteiger partial charge is 0.261 e. The Balaban J connectivity index is 2.02. The minimum absolute atomic E-state index is 0.0286. The van der Waals surface area contributed by atoms with Crippen LogP contribution in [0.3, 0.4) is 0 Å². The van der Waals surface area contributed by atoms with Gasteiger partial charge in [-0.25, -0.2) is 13.8 Å². The molecule has 1 fully saturated rings. The second-order valence-corrected chi connectivity index (χ2v) is 7.02. The summed E-state index contributed by atoms with van der Waals surface area (Å²) < 4.78 is 34.6. The highest BCUT2D eigenvalue weighted by Gasteiger charge is 2.27. The molecule has 0 radical (unpaired) electrons. The largest absolute Gasteiger partial charge is 0.355 e. The molecule has 1 aliphatic rings. The highest BCUT2D eigenvalue weighted by atomic mass is 19.2. The molecule has 0 aliphatic carbocycles. The van der Waals surface area contributed by atoms with Crippen LogP contribution in [0.1, 0.15) is 36.7 Å². The number of hydrogen-bond acceptors (Lipinski definition) is 6. The standard InChI is InChI=1S/C20H20F2N4O2/c1-4-12-9-14-10(2)15(20-23-11(3)25-28-20)19(24-18(14)17(22)16(12)21)26-7-5-13(27)6-8-26/h9H,4-8H2,1-3H3. The van der Waals surface area contributed by atoms with Crippen LogP contribution in [0.25, 0.3) is 22.4 Å². The molecule has 146 valence electrons. The van der Waals surface area contributed by atoms with Gasteiger partial charge in [0.1, 0.15) is 17.1 Å². The zero-order valence-electron chi connectivity index (χ0n) is 16.0. The Morgan fingerprint density at radius 1 is 1.14 bits per heavy atom. The van der Waals surface area contributed by atoms with Gasteiger partial charge in [-0.05, 0) is 37.5 Å². The van der Waals surface area contributed by atoms with Crippen LogP contribution in [-0.2, 0) is 11.2 Å². The predicted molar refractivity (Wildman–Crippen MR) is 100 cm³/mol. The number of carbonyl (C=O) groups is 1. The Bertz CT molecular complexity index is 1080. The summed E-state index contributed by atoms with van der Waals surface area (Å²) >= 11 is 0. The van der Waals surface area contributed by atoms with Gasteiger partial charge < -0.3 is 9.42 Å². The van der Waals surface area contributed by atoms with E-state index in [9.17, 15) is 13.6 Å². The van der Waals surface area contributed by atoms with Crippen molar-refractivity contribution in [2.45, 2.75) is 40.0 Å². The number of aromatic nitrogens is 3. The van der Waals surface area contributed by atoms with Gasteiger partial charge in [-0.2, -0.15) is 4.98 Å². The van der Waals surface area contributed by atoms with Crippen molar-refractivity contribution in [3.8, 4) is 11.5 Å². The molecule has 0 amide bonds. The van der Waals surface area contributed by atoms with Crippen molar-refractivity contribution in [1.29, 1.82) is 0 Å². The first-order valence-corrected chi connectivity index (χ1v) is 9.29. The summed E-state index contributed by atoms with van der Waals surface area (Å²) in [6.07, 6.45) is 1.13. The van der Waals surface area contributed by atoms with Crippen LogP contribution in [-0.4, -0.2) is 34.0 Å². The lowest BCUT2D eigenvalue weighted by Crippen LogP contribution is -2.35. The molecule has 0 N–H and O–H groups in total. The molecule has 28 heavy (non-hydrogen) atoms. The summed E-state index contributed by atoms with van der Waals surface area (Å²) in [5.41, 5.74) is 1.54. The van der Waals surface area contributed by atoms with Gasteiger partial charge in [0, 0.05) is 31.3 Å². The van der Waals surface area contributed by atoms with Crippen molar-refractivity contribution < 1.29 is 18.1 Å². The number of piperidine rings is 1. The van der Waals surface area contributed by atoms with Crippen molar-refractivity contribution in [3.63, 3.8) is 0 Å². The molecule has 1 aromatic carbocycles. The Labute approximate surface area is 160 Å². The molecule has 2 aromatic heterocycles. The SMILES string of the molecule is CCc1cc2c(C)c(-c3nc(C)no3)c(N3CCC(=O)CC3)nc2c(F)c1F. The van der Waals surface area contributed by atoms with Crippen LogP contribution in [0.4, 0.5) is 14.6 Å². The van der Waals surface area contributed by atoms with E-state index in [1.165, 1.54) is 0 Å². The Morgan fingerprint density at radius 3 is 2.46 bits per heavy atom. The molecule has 1 aliphatic heterocycles. The second kappa shape index (κ2) is 6.92. The van der Waals surface area contributed by atoms with E-state index in [1.807, 2.05) is 11.8 Å². The summed E-state index contributed by atoms with van der Waals surface area (Å²) in [4.78, 5) is 22.3. The molecular weight excluding hydrogens is 366 g/mol. The molecule has 0 bridgehead atoms. The summed E-state index contributed by atoms with van der Waals surface area (Å²) in [7, 11) is 0. The number of benzene rings is 1. The fourth-order valence-corrected chi connectivity index (χ4v) is 3.64. The van der Waals surface area contributed by atoms with Crippen LogP contribution >= 0.6 is 0 Å². The maximum atomic E-state index is 14.8. The summed E-state index contributed by atoms with van der Waals surface area (Å²) in [5.74, 6) is -0.478. The van der Waals surface area contributed by atoms with Gasteiger partial charge in [0.25, 0.3) is 5.89 Å². The van der Waals surface area contributed by atoms with Gasteiger partial charge in [-0.3, -0.25) is 4.79 Å². The number of halogens is 2. The molecule has 3 aromatic rings.